The first kappa shape index (κ1) is 31.6. The summed E-state index contributed by atoms with van der Waals surface area (Å²) >= 11 is 0. The van der Waals surface area contributed by atoms with E-state index in [4.69, 9.17) is 9.84 Å². The Morgan fingerprint density at radius 3 is 2.34 bits per heavy atom. The van der Waals surface area contributed by atoms with Gasteiger partial charge in [0.2, 0.25) is 0 Å². The van der Waals surface area contributed by atoms with Gasteiger partial charge >= 0.3 is 5.97 Å². The zero-order chi connectivity index (χ0) is 29.2. The summed E-state index contributed by atoms with van der Waals surface area (Å²) in [6.45, 7) is 3.27. The molecular weight excluding hydrogens is 514 g/mol. The van der Waals surface area contributed by atoms with Crippen LogP contribution in [0.15, 0.2) is 36.4 Å². The Morgan fingerprint density at radius 2 is 1.66 bits per heavy atom. The molecule has 2 aliphatic carbocycles. The van der Waals surface area contributed by atoms with Crippen molar-refractivity contribution in [1.82, 2.24) is 4.90 Å². The van der Waals surface area contributed by atoms with Crippen LogP contribution in [0.2, 0.25) is 0 Å². The Bertz CT molecular complexity index is 1050. The summed E-state index contributed by atoms with van der Waals surface area (Å²) in [6, 6.07) is 4.23. The number of hydrogen-bond acceptors (Lipinski definition) is 5. The fourth-order valence-electron chi connectivity index (χ4n) is 7.59. The van der Waals surface area contributed by atoms with Crippen molar-refractivity contribution in [3.8, 4) is 11.5 Å². The molecule has 228 valence electrons. The summed E-state index contributed by atoms with van der Waals surface area (Å²) in [4.78, 5) is 12.8. The van der Waals surface area contributed by atoms with Crippen LogP contribution >= 0.6 is 0 Å². The van der Waals surface area contributed by atoms with Crippen LogP contribution < -0.4 is 4.74 Å². The van der Waals surface area contributed by atoms with Gasteiger partial charge < -0.3 is 25.0 Å². The molecule has 2 aliphatic heterocycles. The van der Waals surface area contributed by atoms with E-state index in [-0.39, 0.29) is 17.3 Å². The maximum absolute atomic E-state index is 10.4. The highest BCUT2D eigenvalue weighted by atomic mass is 16.5. The smallest absolute Gasteiger partial charge is 0.303 e. The fourth-order valence-corrected chi connectivity index (χ4v) is 7.59. The van der Waals surface area contributed by atoms with Crippen LogP contribution in [0, 0.1) is 5.92 Å². The van der Waals surface area contributed by atoms with Crippen molar-refractivity contribution in [1.29, 1.82) is 0 Å². The maximum Gasteiger partial charge on any atom is 0.303 e. The highest BCUT2D eigenvalue weighted by Gasteiger charge is 2.64. The highest BCUT2D eigenvalue weighted by Crippen LogP contribution is 2.62. The number of carboxylic acid groups (broad SMARTS) is 1. The molecule has 41 heavy (non-hydrogen) atoms. The normalized spacial score (nSPS) is 27.3. The van der Waals surface area contributed by atoms with E-state index >= 15 is 0 Å². The highest BCUT2D eigenvalue weighted by molar-refractivity contribution is 5.66. The van der Waals surface area contributed by atoms with Crippen molar-refractivity contribution in [2.75, 3.05) is 13.6 Å². The van der Waals surface area contributed by atoms with Gasteiger partial charge in [0.25, 0.3) is 0 Å². The van der Waals surface area contributed by atoms with Crippen LogP contribution in [0.4, 0.5) is 0 Å². The number of rotatable bonds is 15. The van der Waals surface area contributed by atoms with E-state index in [0.29, 0.717) is 24.1 Å². The summed E-state index contributed by atoms with van der Waals surface area (Å²) in [5, 5.41) is 29.2. The molecule has 1 saturated heterocycles. The second-order valence-electron chi connectivity index (χ2n) is 12.7. The van der Waals surface area contributed by atoms with Gasteiger partial charge in [0, 0.05) is 29.4 Å². The van der Waals surface area contributed by atoms with Gasteiger partial charge in [-0.1, -0.05) is 88.7 Å². The van der Waals surface area contributed by atoms with Gasteiger partial charge in [0.1, 0.15) is 12.2 Å². The third kappa shape index (κ3) is 7.37. The first-order chi connectivity index (χ1) is 19.9. The molecule has 1 aromatic carbocycles. The number of aromatic hydroxyl groups is 1. The first-order valence-corrected chi connectivity index (χ1v) is 16.4. The molecule has 5 rings (SSSR count). The number of likely N-dealkylation sites (tertiary alicyclic amines) is 1. The number of piperidine rings is 1. The molecule has 0 radical (unpaired) electrons. The summed E-state index contributed by atoms with van der Waals surface area (Å²) in [5.41, 5.74) is 2.29. The molecule has 1 fully saturated rings. The van der Waals surface area contributed by atoms with Crippen molar-refractivity contribution < 1.29 is 24.9 Å². The van der Waals surface area contributed by atoms with Crippen molar-refractivity contribution in [3.05, 3.63) is 47.6 Å². The number of unbranched alkanes of at least 4 members (excludes halogenated alkanes) is 11. The van der Waals surface area contributed by atoms with Gasteiger partial charge in [-0.05, 0) is 70.2 Å². The molecular formula is C35H53NO5. The van der Waals surface area contributed by atoms with E-state index < -0.39 is 12.1 Å². The molecule has 2 bridgehead atoms. The van der Waals surface area contributed by atoms with Crippen molar-refractivity contribution in [3.63, 3.8) is 0 Å². The lowest BCUT2D eigenvalue weighted by atomic mass is 9.53. The molecule has 0 amide bonds. The average Bonchev–Trinajstić information content (AvgIpc) is 3.32. The predicted octanol–water partition coefficient (Wildman–Crippen LogP) is 7.31. The lowest BCUT2D eigenvalue weighted by Gasteiger charge is -2.56. The number of likely N-dealkylation sites (N-methyl/N-ethyl adjacent to an activating group) is 1. The van der Waals surface area contributed by atoms with E-state index in [1.54, 1.807) is 6.07 Å². The van der Waals surface area contributed by atoms with Gasteiger partial charge in [-0.3, -0.25) is 4.79 Å². The monoisotopic (exact) mass is 567 g/mol. The summed E-state index contributed by atoms with van der Waals surface area (Å²) in [5.74, 6) is 0.525. The van der Waals surface area contributed by atoms with Crippen molar-refractivity contribution >= 4 is 5.97 Å². The van der Waals surface area contributed by atoms with Crippen LogP contribution in [0.1, 0.15) is 114 Å². The van der Waals surface area contributed by atoms with Gasteiger partial charge in [-0.25, -0.2) is 0 Å². The maximum atomic E-state index is 10.4. The van der Waals surface area contributed by atoms with Gasteiger partial charge in [0.15, 0.2) is 11.5 Å². The number of hydrogen-bond donors (Lipinski definition) is 3. The predicted molar refractivity (Wildman–Crippen MR) is 165 cm³/mol. The number of allylic oxidation sites excluding steroid dienone is 2. The van der Waals surface area contributed by atoms with Crippen LogP contribution in [0.3, 0.4) is 0 Å². The molecule has 0 unspecified atom stereocenters. The zero-order valence-electron chi connectivity index (χ0n) is 25.4. The number of ether oxygens (including phenoxy) is 1. The molecule has 1 spiro atoms. The minimum Gasteiger partial charge on any atom is -0.504 e. The van der Waals surface area contributed by atoms with E-state index in [9.17, 15) is 15.0 Å². The van der Waals surface area contributed by atoms with Crippen LogP contribution in [0.25, 0.3) is 0 Å². The van der Waals surface area contributed by atoms with E-state index in [1.807, 2.05) is 12.1 Å². The number of phenolic OH excluding ortho intramolecular Hbond substituents is 1. The first-order valence-electron chi connectivity index (χ1n) is 16.4. The fraction of sp³-hybridized carbons (Fsp3) is 0.686. The van der Waals surface area contributed by atoms with E-state index in [0.717, 1.165) is 32.2 Å². The largest absolute Gasteiger partial charge is 0.504 e. The number of aliphatic hydroxyl groups excluding tert-OH is 1. The molecule has 1 aromatic rings. The van der Waals surface area contributed by atoms with Crippen LogP contribution in [0.5, 0.6) is 11.5 Å². The molecule has 4 aliphatic rings. The SMILES string of the molecule is CCCCCCCC/C=C\CCCCCCCC(=O)O.CN1CC[C@]23c4c5ccc(O)c4O[C@H]2[C@@H](O)C=C[C@H]3[C@H]1C5. The van der Waals surface area contributed by atoms with Gasteiger partial charge in [0.05, 0.1) is 0 Å². The lowest BCUT2D eigenvalue weighted by molar-refractivity contribution is -0.137. The van der Waals surface area contributed by atoms with E-state index in [1.165, 1.54) is 81.8 Å². The number of aliphatic hydroxyl groups is 1. The molecule has 2 heterocycles. The molecule has 0 saturated carbocycles. The Labute approximate surface area is 247 Å². The van der Waals surface area contributed by atoms with Crippen molar-refractivity contribution in [2.45, 2.75) is 133 Å². The lowest BCUT2D eigenvalue weighted by Crippen LogP contribution is -2.64. The molecule has 5 atom stereocenters. The Kier molecular flexibility index (Phi) is 11.8. The van der Waals surface area contributed by atoms with E-state index in [2.05, 4.69) is 37.1 Å². The minimum absolute atomic E-state index is 0.160. The molecule has 6 nitrogen and oxygen atoms in total. The third-order valence-electron chi connectivity index (χ3n) is 9.80. The zero-order valence-corrected chi connectivity index (χ0v) is 25.4. The molecule has 0 aromatic heterocycles. The second kappa shape index (κ2) is 15.2. The topological polar surface area (TPSA) is 90.2 Å². The van der Waals surface area contributed by atoms with Gasteiger partial charge in [-0.2, -0.15) is 0 Å². The van der Waals surface area contributed by atoms with Gasteiger partial charge in [-0.15, -0.1) is 0 Å². The summed E-state index contributed by atoms with van der Waals surface area (Å²) in [7, 11) is 2.19. The summed E-state index contributed by atoms with van der Waals surface area (Å²) < 4.78 is 6.09. The van der Waals surface area contributed by atoms with Crippen molar-refractivity contribution in [2.24, 2.45) is 5.92 Å². The third-order valence-corrected chi connectivity index (χ3v) is 9.80. The number of carbonyl (C=O) groups is 1. The summed E-state index contributed by atoms with van der Waals surface area (Å²) in [6.07, 6.45) is 26.4. The Balaban J connectivity index is 0.000000190. The van der Waals surface area contributed by atoms with Crippen LogP contribution in [-0.4, -0.2) is 58.0 Å². The number of nitrogens with zero attached hydrogens (tertiary/aromatic N) is 1. The minimum atomic E-state index is -0.664. The number of phenols is 1. The second-order valence-corrected chi connectivity index (χ2v) is 12.7. The van der Waals surface area contributed by atoms with Crippen LogP contribution in [-0.2, 0) is 16.6 Å². The Morgan fingerprint density at radius 1 is 1.00 bits per heavy atom. The number of carboxylic acids is 1. The molecule has 3 N–H and O–H groups in total. The quantitative estimate of drug-likeness (QED) is 0.152. The standard InChI is InChI=1S/C18H34O2.C17H19NO3/c1-2-3-4-5-6-7-8-9-10-11-12-13-14-15-16-17-18(19)20;1-18-7-6-17-10-3-5-13(20)16(17)21-15-12(19)4-2-9(14(15)17)8-11(10)18/h9-10H,2-8,11-17H2,1H3,(H,19,20);2-5,10-11,13,16,19-20H,6-8H2,1H3/b10-9-;/t;10-,11+,13-,16-,17-/m.0/s1. The molecule has 6 heteroatoms. The number of aliphatic carboxylic acids is 1. The number of benzene rings is 1. The Hall–Kier alpha value is -2.31. The average molecular weight is 568 g/mol.